The molecule has 0 spiro atoms. The Morgan fingerprint density at radius 3 is 1.82 bits per heavy atom. The van der Waals surface area contributed by atoms with Crippen molar-refractivity contribution in [2.45, 2.75) is 26.7 Å². The number of aromatic carboxylic acids is 2. The van der Waals surface area contributed by atoms with Crippen LogP contribution in [0, 0.1) is 29.7 Å². The average molecular weight is 541 g/mol. The van der Waals surface area contributed by atoms with Crippen molar-refractivity contribution in [3.8, 4) is 0 Å². The van der Waals surface area contributed by atoms with E-state index in [-0.39, 0.29) is 42.0 Å². The molecule has 0 bridgehead atoms. The summed E-state index contributed by atoms with van der Waals surface area (Å²) in [6.45, 7) is 11.0. The monoisotopic (exact) mass is 540 g/mol. The van der Waals surface area contributed by atoms with Crippen LogP contribution in [0.5, 0.6) is 0 Å². The summed E-state index contributed by atoms with van der Waals surface area (Å²) >= 11 is 3.13. The molecule has 0 saturated heterocycles. The minimum absolute atomic E-state index is 0. The number of hydrogen-bond donors (Lipinski definition) is 2. The second-order valence-electron chi connectivity index (χ2n) is 5.88. The molecule has 4 nitrogen and oxygen atoms in total. The number of alkyl halides is 1. The van der Waals surface area contributed by atoms with Gasteiger partial charge in [-0.3, -0.25) is 0 Å². The van der Waals surface area contributed by atoms with Crippen LogP contribution in [-0.2, 0) is 6.42 Å². The van der Waals surface area contributed by atoms with Crippen molar-refractivity contribution in [1.29, 1.82) is 0 Å². The Kier molecular flexibility index (Phi) is 22.6. The molecule has 0 saturated carbocycles. The van der Waals surface area contributed by atoms with Crippen molar-refractivity contribution in [3.63, 3.8) is 0 Å². The molecule has 2 N–H and O–H groups in total. The van der Waals surface area contributed by atoms with Gasteiger partial charge >= 0.3 is 30.8 Å². The maximum absolute atomic E-state index is 13.1. The third kappa shape index (κ3) is 14.7. The Morgan fingerprint density at radius 1 is 0.971 bits per heavy atom. The second kappa shape index (κ2) is 21.2. The summed E-state index contributed by atoms with van der Waals surface area (Å²) in [5, 5.41) is 17.9. The number of rotatable bonds is 6. The largest absolute Gasteiger partial charge is 1.00 e. The summed E-state index contributed by atoms with van der Waals surface area (Å²) in [5.74, 6) is -6.92. The van der Waals surface area contributed by atoms with Crippen molar-refractivity contribution in [3.05, 3.63) is 102 Å². The molecular weight excluding hydrogens is 515 g/mol. The Bertz CT molecular complexity index is 922. The number of unbranched alkanes of at least 4 members (excludes halogenated alkanes) is 1. The molecular formula is C24H26BrF4LiO4. The van der Waals surface area contributed by atoms with Gasteiger partial charge < -0.3 is 16.6 Å². The molecule has 0 aromatic heterocycles. The predicted octanol–water partition coefficient (Wildman–Crippen LogP) is 4.25. The Morgan fingerprint density at radius 2 is 1.47 bits per heavy atom. The molecule has 0 aliphatic carbocycles. The van der Waals surface area contributed by atoms with Crippen LogP contribution in [0.1, 0.15) is 46.5 Å². The summed E-state index contributed by atoms with van der Waals surface area (Å²) in [4.78, 5) is 20.8. The van der Waals surface area contributed by atoms with E-state index < -0.39 is 35.2 Å². The van der Waals surface area contributed by atoms with E-state index in [1.54, 1.807) is 6.08 Å². The van der Waals surface area contributed by atoms with Crippen LogP contribution in [0.4, 0.5) is 17.6 Å². The van der Waals surface area contributed by atoms with Gasteiger partial charge in [-0.05, 0) is 36.8 Å². The zero-order valence-electron chi connectivity index (χ0n) is 19.3. The van der Waals surface area contributed by atoms with Crippen molar-refractivity contribution in [2.75, 3.05) is 5.33 Å². The van der Waals surface area contributed by atoms with Gasteiger partial charge in [0.25, 0.3) is 0 Å². The van der Waals surface area contributed by atoms with E-state index in [2.05, 4.69) is 49.4 Å². The van der Waals surface area contributed by atoms with Gasteiger partial charge in [0.2, 0.25) is 0 Å². The Balaban J connectivity index is -0.000000427. The molecule has 2 rings (SSSR count). The first-order valence-corrected chi connectivity index (χ1v) is 10.6. The van der Waals surface area contributed by atoms with E-state index in [0.717, 1.165) is 29.6 Å². The first-order chi connectivity index (χ1) is 15.5. The van der Waals surface area contributed by atoms with Crippen molar-refractivity contribution in [1.82, 2.24) is 0 Å². The topological polar surface area (TPSA) is 74.6 Å². The van der Waals surface area contributed by atoms with Crippen molar-refractivity contribution in [2.24, 2.45) is 0 Å². The van der Waals surface area contributed by atoms with Gasteiger partial charge in [-0.2, -0.15) is 13.3 Å². The molecule has 10 heteroatoms. The fraction of sp³-hybridized carbons (Fsp3) is 0.208. The second-order valence-corrected chi connectivity index (χ2v) is 6.53. The Hall–Kier alpha value is -2.34. The number of allylic oxidation sites excluding steroid dienone is 2. The molecule has 2 aromatic rings. The molecule has 182 valence electrons. The fourth-order valence-electron chi connectivity index (χ4n) is 1.77. The number of hydrogen-bond acceptors (Lipinski definition) is 2. The normalized spacial score (nSPS) is 8.79. The maximum Gasteiger partial charge on any atom is 1.00 e. The van der Waals surface area contributed by atoms with Gasteiger partial charge in [-0.15, -0.1) is 13.2 Å². The smallest absolute Gasteiger partial charge is 0.478 e. The third-order valence-corrected chi connectivity index (χ3v) is 3.92. The summed E-state index contributed by atoms with van der Waals surface area (Å²) < 4.78 is 50.4. The Labute approximate surface area is 217 Å². The number of carboxylic acid groups (broad SMARTS) is 2. The molecule has 0 aliphatic rings. The average Bonchev–Trinajstić information content (AvgIpc) is 2.79. The molecule has 0 fully saturated rings. The van der Waals surface area contributed by atoms with E-state index in [4.69, 9.17) is 10.2 Å². The summed E-state index contributed by atoms with van der Waals surface area (Å²) in [5.41, 5.74) is -0.666. The van der Waals surface area contributed by atoms with E-state index in [9.17, 15) is 27.2 Å². The minimum atomic E-state index is -1.28. The van der Waals surface area contributed by atoms with Gasteiger partial charge in [0.15, 0.2) is 23.3 Å². The molecule has 0 unspecified atom stereocenters. The summed E-state index contributed by atoms with van der Waals surface area (Å²) in [7, 11) is 0. The molecule has 2 aromatic carbocycles. The number of carbonyl (C=O) groups is 2. The van der Waals surface area contributed by atoms with E-state index >= 15 is 0 Å². The number of carboxylic acids is 2. The molecule has 0 radical (unpaired) electrons. The third-order valence-electron chi connectivity index (χ3n) is 3.46. The van der Waals surface area contributed by atoms with Gasteiger partial charge in [0.05, 0.1) is 11.1 Å². The van der Waals surface area contributed by atoms with Gasteiger partial charge in [-0.1, -0.05) is 35.0 Å². The molecule has 0 heterocycles. The van der Waals surface area contributed by atoms with Gasteiger partial charge in [-0.25, -0.2) is 27.2 Å². The van der Waals surface area contributed by atoms with Crippen LogP contribution in [0.3, 0.4) is 0 Å². The molecule has 0 atom stereocenters. The summed E-state index contributed by atoms with van der Waals surface area (Å²) in [6.07, 6.45) is 6.43. The number of halogens is 5. The zero-order chi connectivity index (χ0) is 26.0. The molecule has 0 aliphatic heterocycles. The maximum atomic E-state index is 13.1. The van der Waals surface area contributed by atoms with Crippen LogP contribution in [-0.4, -0.2) is 27.5 Å². The van der Waals surface area contributed by atoms with E-state index in [1.165, 1.54) is 12.5 Å². The molecule has 34 heavy (non-hydrogen) atoms. The standard InChI is InChI=1S/C10H8F2O2.C7H4F2O2.C4H9.C3H5Br.Li/c1-2-3-6-7(10(13)14)4-5-8(11)9(6)12;8-5-2-1-4(7(10)11)3-6(5)9;1-3-4-2;1-2-3-4;/h2,4-5H,1,3H2,(H,13,14);1-3H,(H,10,11);3H,4H2,1-2H3;2H,1,3H2;/q;;-1;;+1. The van der Waals surface area contributed by atoms with Crippen LogP contribution < -0.4 is 18.9 Å². The van der Waals surface area contributed by atoms with E-state index in [1.807, 2.05) is 0 Å². The van der Waals surface area contributed by atoms with Crippen molar-refractivity contribution < 1.29 is 56.2 Å². The fourth-order valence-corrected chi connectivity index (χ4v) is 1.77. The van der Waals surface area contributed by atoms with Crippen LogP contribution >= 0.6 is 15.9 Å². The predicted molar refractivity (Wildman–Crippen MR) is 125 cm³/mol. The molecule has 0 amide bonds. The van der Waals surface area contributed by atoms with Crippen molar-refractivity contribution >= 4 is 27.9 Å². The van der Waals surface area contributed by atoms with Gasteiger partial charge in [0, 0.05) is 10.9 Å². The van der Waals surface area contributed by atoms with Crippen LogP contribution in [0.25, 0.3) is 0 Å². The minimum Gasteiger partial charge on any atom is -0.478 e. The van der Waals surface area contributed by atoms with Crippen LogP contribution in [0.2, 0.25) is 0 Å². The van der Waals surface area contributed by atoms with Gasteiger partial charge in [0.1, 0.15) is 0 Å². The SMILES string of the molecule is C=CCBr.C=CCc1c(C(=O)O)ccc(F)c1F.C[CH-]CC.O=C(O)c1ccc(F)c(F)c1.[Li+]. The summed E-state index contributed by atoms with van der Waals surface area (Å²) in [6, 6.07) is 4.25. The number of benzene rings is 2. The van der Waals surface area contributed by atoms with E-state index in [0.29, 0.717) is 6.07 Å². The quantitative estimate of drug-likeness (QED) is 0.189. The first-order valence-electron chi connectivity index (χ1n) is 9.46. The first kappa shape index (κ1) is 36.2. The zero-order valence-corrected chi connectivity index (χ0v) is 20.8. The van der Waals surface area contributed by atoms with Crippen LogP contribution in [0.15, 0.2) is 55.6 Å².